The molecule has 1 rings (SSSR count). The van der Waals surface area contributed by atoms with E-state index in [-0.39, 0.29) is 11.3 Å². The number of carboxylic acids is 1. The van der Waals surface area contributed by atoms with E-state index < -0.39 is 5.97 Å². The largest absolute Gasteiger partial charge is 0.507 e. The minimum Gasteiger partial charge on any atom is -0.507 e. The second-order valence-electron chi connectivity index (χ2n) is 2.55. The van der Waals surface area contributed by atoms with Gasteiger partial charge in [-0.1, -0.05) is 0 Å². The van der Waals surface area contributed by atoms with Crippen molar-refractivity contribution >= 4 is 28.6 Å². The average Bonchev–Trinajstić information content (AvgIpc) is 2.12. The Bertz CT molecular complexity index is 362. The highest BCUT2D eigenvalue weighted by molar-refractivity contribution is 14.1. The molecule has 5 heteroatoms. The Morgan fingerprint density at radius 1 is 1.57 bits per heavy atom. The number of halogens is 1. The van der Waals surface area contributed by atoms with Crippen molar-refractivity contribution in [1.82, 2.24) is 0 Å². The molecule has 0 aromatic heterocycles. The van der Waals surface area contributed by atoms with Crippen molar-refractivity contribution in [3.63, 3.8) is 0 Å². The van der Waals surface area contributed by atoms with Crippen LogP contribution in [0.25, 0.3) is 0 Å². The fourth-order valence-corrected chi connectivity index (χ4v) is 1.43. The molecule has 0 saturated heterocycles. The van der Waals surface area contributed by atoms with Crippen LogP contribution in [0.5, 0.6) is 11.5 Å². The molecule has 1 aromatic rings. The standard InChI is InChI=1S/C9H9IO4/c1-2-14-7-4-5(9(12)13)3-6(11)8(7)10/h3-4,11H,2H2,1H3,(H,12,13). The summed E-state index contributed by atoms with van der Waals surface area (Å²) in [4.78, 5) is 10.7. The highest BCUT2D eigenvalue weighted by atomic mass is 127. The topological polar surface area (TPSA) is 66.8 Å². The molecular formula is C9H9IO4. The van der Waals surface area contributed by atoms with Gasteiger partial charge < -0.3 is 14.9 Å². The first-order valence-electron chi connectivity index (χ1n) is 3.94. The Morgan fingerprint density at radius 2 is 2.21 bits per heavy atom. The molecule has 0 saturated carbocycles. The van der Waals surface area contributed by atoms with Gasteiger partial charge in [0, 0.05) is 0 Å². The molecule has 0 bridgehead atoms. The molecule has 0 fully saturated rings. The molecule has 4 nitrogen and oxygen atoms in total. The maximum absolute atomic E-state index is 10.7. The lowest BCUT2D eigenvalue weighted by atomic mass is 10.2. The number of rotatable bonds is 3. The number of ether oxygens (including phenoxy) is 1. The molecule has 0 spiro atoms. The van der Waals surface area contributed by atoms with E-state index in [9.17, 15) is 9.90 Å². The van der Waals surface area contributed by atoms with Crippen molar-refractivity contribution in [1.29, 1.82) is 0 Å². The molecule has 0 aliphatic carbocycles. The Morgan fingerprint density at radius 3 is 2.71 bits per heavy atom. The molecule has 14 heavy (non-hydrogen) atoms. The number of phenols is 1. The summed E-state index contributed by atoms with van der Waals surface area (Å²) in [6.07, 6.45) is 0. The van der Waals surface area contributed by atoms with E-state index in [1.807, 2.05) is 22.6 Å². The monoisotopic (exact) mass is 308 g/mol. The van der Waals surface area contributed by atoms with E-state index >= 15 is 0 Å². The second kappa shape index (κ2) is 4.50. The normalized spacial score (nSPS) is 9.86. The molecule has 0 aliphatic heterocycles. The summed E-state index contributed by atoms with van der Waals surface area (Å²) in [6.45, 7) is 2.22. The predicted molar refractivity (Wildman–Crippen MR) is 59.0 cm³/mol. The van der Waals surface area contributed by atoms with Gasteiger partial charge in [-0.2, -0.15) is 0 Å². The van der Waals surface area contributed by atoms with Crippen LogP contribution in [0.4, 0.5) is 0 Å². The fraction of sp³-hybridized carbons (Fsp3) is 0.222. The Kier molecular flexibility index (Phi) is 3.56. The van der Waals surface area contributed by atoms with Gasteiger partial charge in [0.05, 0.1) is 15.7 Å². The number of carbonyl (C=O) groups is 1. The van der Waals surface area contributed by atoms with Crippen LogP contribution in [0.2, 0.25) is 0 Å². The van der Waals surface area contributed by atoms with Gasteiger partial charge in [-0.15, -0.1) is 0 Å². The van der Waals surface area contributed by atoms with Crippen LogP contribution < -0.4 is 4.74 Å². The molecule has 2 N–H and O–H groups in total. The Balaban J connectivity index is 3.20. The molecule has 0 radical (unpaired) electrons. The quantitative estimate of drug-likeness (QED) is 0.839. The van der Waals surface area contributed by atoms with Crippen LogP contribution in [0, 0.1) is 3.57 Å². The van der Waals surface area contributed by atoms with E-state index in [1.165, 1.54) is 12.1 Å². The third-order valence-electron chi connectivity index (χ3n) is 1.57. The van der Waals surface area contributed by atoms with Gasteiger partial charge in [0.1, 0.15) is 11.5 Å². The van der Waals surface area contributed by atoms with E-state index in [4.69, 9.17) is 9.84 Å². The van der Waals surface area contributed by atoms with Gasteiger partial charge >= 0.3 is 5.97 Å². The van der Waals surface area contributed by atoms with E-state index in [2.05, 4.69) is 0 Å². The van der Waals surface area contributed by atoms with Gasteiger partial charge in [-0.05, 0) is 41.6 Å². The highest BCUT2D eigenvalue weighted by Crippen LogP contribution is 2.31. The maximum Gasteiger partial charge on any atom is 0.335 e. The molecule has 0 unspecified atom stereocenters. The van der Waals surface area contributed by atoms with Crippen LogP contribution in [0.15, 0.2) is 12.1 Å². The average molecular weight is 308 g/mol. The summed E-state index contributed by atoms with van der Waals surface area (Å²) in [5.41, 5.74) is 0.0198. The third kappa shape index (κ3) is 2.28. The maximum atomic E-state index is 10.7. The first-order chi connectivity index (χ1) is 6.56. The van der Waals surface area contributed by atoms with Crippen molar-refractivity contribution < 1.29 is 19.7 Å². The molecule has 0 amide bonds. The number of aromatic hydroxyl groups is 1. The van der Waals surface area contributed by atoms with E-state index in [0.717, 1.165) is 0 Å². The van der Waals surface area contributed by atoms with Gasteiger partial charge in [0.15, 0.2) is 0 Å². The lowest BCUT2D eigenvalue weighted by Crippen LogP contribution is -2.00. The first-order valence-corrected chi connectivity index (χ1v) is 5.02. The predicted octanol–water partition coefficient (Wildman–Crippen LogP) is 2.09. The van der Waals surface area contributed by atoms with Gasteiger partial charge in [0.2, 0.25) is 0 Å². The van der Waals surface area contributed by atoms with Gasteiger partial charge in [-0.3, -0.25) is 0 Å². The van der Waals surface area contributed by atoms with Crippen molar-refractivity contribution in [2.24, 2.45) is 0 Å². The molecule has 1 aromatic carbocycles. The lowest BCUT2D eigenvalue weighted by molar-refractivity contribution is 0.0696. The number of hydrogen-bond donors (Lipinski definition) is 2. The fourth-order valence-electron chi connectivity index (χ4n) is 0.967. The van der Waals surface area contributed by atoms with Crippen LogP contribution >= 0.6 is 22.6 Å². The van der Waals surface area contributed by atoms with Crippen molar-refractivity contribution in [3.8, 4) is 11.5 Å². The van der Waals surface area contributed by atoms with E-state index in [0.29, 0.717) is 15.9 Å². The zero-order chi connectivity index (χ0) is 10.7. The number of phenolic OH excluding ortho intramolecular Hbond substituents is 1. The molecule has 0 aliphatic rings. The van der Waals surface area contributed by atoms with Crippen LogP contribution in [0.1, 0.15) is 17.3 Å². The zero-order valence-corrected chi connectivity index (χ0v) is 9.61. The highest BCUT2D eigenvalue weighted by Gasteiger charge is 2.12. The summed E-state index contributed by atoms with van der Waals surface area (Å²) >= 11 is 1.90. The van der Waals surface area contributed by atoms with Crippen LogP contribution in [-0.4, -0.2) is 22.8 Å². The van der Waals surface area contributed by atoms with Crippen molar-refractivity contribution in [2.45, 2.75) is 6.92 Å². The zero-order valence-electron chi connectivity index (χ0n) is 7.45. The Labute approximate surface area is 94.7 Å². The number of carboxylic acid groups (broad SMARTS) is 1. The molecular weight excluding hydrogens is 299 g/mol. The van der Waals surface area contributed by atoms with Crippen LogP contribution in [-0.2, 0) is 0 Å². The first kappa shape index (κ1) is 11.1. The summed E-state index contributed by atoms with van der Waals surface area (Å²) in [6, 6.07) is 2.60. The van der Waals surface area contributed by atoms with Crippen LogP contribution in [0.3, 0.4) is 0 Å². The molecule has 0 atom stereocenters. The van der Waals surface area contributed by atoms with Gasteiger partial charge in [-0.25, -0.2) is 4.79 Å². The second-order valence-corrected chi connectivity index (χ2v) is 3.62. The summed E-state index contributed by atoms with van der Waals surface area (Å²) < 4.78 is 5.70. The minimum absolute atomic E-state index is 0.0198. The smallest absolute Gasteiger partial charge is 0.335 e. The molecule has 0 heterocycles. The summed E-state index contributed by atoms with van der Waals surface area (Å²) in [7, 11) is 0. The third-order valence-corrected chi connectivity index (χ3v) is 2.65. The van der Waals surface area contributed by atoms with Gasteiger partial charge in [0.25, 0.3) is 0 Å². The molecule has 76 valence electrons. The van der Waals surface area contributed by atoms with Crippen molar-refractivity contribution in [2.75, 3.05) is 6.61 Å². The summed E-state index contributed by atoms with van der Waals surface area (Å²) in [5, 5.41) is 18.1. The van der Waals surface area contributed by atoms with E-state index in [1.54, 1.807) is 6.92 Å². The Hall–Kier alpha value is -0.980. The van der Waals surface area contributed by atoms with Crippen molar-refractivity contribution in [3.05, 3.63) is 21.3 Å². The SMILES string of the molecule is CCOc1cc(C(=O)O)cc(O)c1I. The minimum atomic E-state index is -1.09. The number of benzene rings is 1. The number of aromatic carboxylic acids is 1. The lowest BCUT2D eigenvalue weighted by Gasteiger charge is -2.08. The number of hydrogen-bond acceptors (Lipinski definition) is 3. The summed E-state index contributed by atoms with van der Waals surface area (Å²) in [5.74, 6) is -0.767.